The van der Waals surface area contributed by atoms with Crippen LogP contribution in [0.25, 0.3) is 16.7 Å². The van der Waals surface area contributed by atoms with Crippen LogP contribution in [0.1, 0.15) is 57.4 Å². The lowest BCUT2D eigenvalue weighted by molar-refractivity contribution is 0.0240. The number of ether oxygens (including phenoxy) is 1. The number of halogens is 2. The average Bonchev–Trinajstić information content (AvgIpc) is 2.84. The van der Waals surface area contributed by atoms with Gasteiger partial charge in [-0.15, -0.1) is 0 Å². The van der Waals surface area contributed by atoms with E-state index in [1.54, 1.807) is 37.9 Å². The van der Waals surface area contributed by atoms with Crippen LogP contribution in [-0.4, -0.2) is 57.3 Å². The predicted molar refractivity (Wildman–Crippen MR) is 144 cm³/mol. The van der Waals surface area contributed by atoms with Crippen molar-refractivity contribution in [3.05, 3.63) is 56.5 Å². The topological polar surface area (TPSA) is 104 Å². The summed E-state index contributed by atoms with van der Waals surface area (Å²) in [5.41, 5.74) is 0.888. The van der Waals surface area contributed by atoms with Crippen molar-refractivity contribution in [1.82, 2.24) is 19.4 Å². The van der Waals surface area contributed by atoms with Gasteiger partial charge in [-0.3, -0.25) is 14.3 Å². The number of nitrogens with zero attached hydrogens (tertiary/aromatic N) is 6. The zero-order chi connectivity index (χ0) is 27.9. The summed E-state index contributed by atoms with van der Waals surface area (Å²) in [5, 5.41) is 10.1. The van der Waals surface area contributed by atoms with Crippen LogP contribution in [0.5, 0.6) is 0 Å². The summed E-state index contributed by atoms with van der Waals surface area (Å²) >= 11 is 6.11. The van der Waals surface area contributed by atoms with Gasteiger partial charge in [-0.2, -0.15) is 5.26 Å². The van der Waals surface area contributed by atoms with E-state index in [1.165, 1.54) is 10.6 Å². The van der Waals surface area contributed by atoms with E-state index in [0.29, 0.717) is 37.6 Å². The van der Waals surface area contributed by atoms with Gasteiger partial charge in [0, 0.05) is 37.8 Å². The molecule has 38 heavy (non-hydrogen) atoms. The molecule has 1 aliphatic heterocycles. The molecule has 1 aliphatic rings. The number of amides is 1. The number of aromatic nitrogens is 3. The van der Waals surface area contributed by atoms with Gasteiger partial charge in [-0.25, -0.2) is 14.2 Å². The van der Waals surface area contributed by atoms with E-state index in [9.17, 15) is 19.2 Å². The second-order valence-electron chi connectivity index (χ2n) is 10.6. The third-order valence-electron chi connectivity index (χ3n) is 6.32. The van der Waals surface area contributed by atoms with Crippen molar-refractivity contribution in [3.63, 3.8) is 0 Å². The number of hydrogen-bond acceptors (Lipinski definition) is 7. The van der Waals surface area contributed by atoms with Crippen molar-refractivity contribution >= 4 is 34.4 Å². The lowest BCUT2D eigenvalue weighted by Crippen LogP contribution is -2.50. The second-order valence-corrected chi connectivity index (χ2v) is 10.9. The fourth-order valence-electron chi connectivity index (χ4n) is 4.61. The normalized spacial score (nSPS) is 14.2. The van der Waals surface area contributed by atoms with Crippen molar-refractivity contribution in [2.45, 2.75) is 53.1 Å². The van der Waals surface area contributed by atoms with Crippen LogP contribution in [0.15, 0.2) is 23.1 Å². The molecule has 1 fully saturated rings. The van der Waals surface area contributed by atoms with Gasteiger partial charge in [0.15, 0.2) is 16.6 Å². The molecule has 0 saturated carbocycles. The van der Waals surface area contributed by atoms with Crippen molar-refractivity contribution < 1.29 is 13.9 Å². The molecule has 0 aromatic carbocycles. The first-order valence-electron chi connectivity index (χ1n) is 12.4. The maximum absolute atomic E-state index is 14.8. The maximum Gasteiger partial charge on any atom is 0.410 e. The summed E-state index contributed by atoms with van der Waals surface area (Å²) in [6.45, 7) is 12.3. The van der Waals surface area contributed by atoms with E-state index in [-0.39, 0.29) is 33.4 Å². The summed E-state index contributed by atoms with van der Waals surface area (Å²) in [4.78, 5) is 38.6. The van der Waals surface area contributed by atoms with Crippen LogP contribution in [-0.2, 0) is 4.74 Å². The molecule has 3 aromatic rings. The van der Waals surface area contributed by atoms with E-state index in [1.807, 2.05) is 31.7 Å². The molecule has 0 unspecified atom stereocenters. The number of aryl methyl sites for hydroxylation is 1. The number of pyridine rings is 3. The Hall–Kier alpha value is -3.71. The molecule has 4 heterocycles. The molecule has 200 valence electrons. The van der Waals surface area contributed by atoms with E-state index >= 15 is 0 Å². The van der Waals surface area contributed by atoms with Crippen molar-refractivity contribution in [1.29, 1.82) is 5.26 Å². The van der Waals surface area contributed by atoms with Gasteiger partial charge in [0.2, 0.25) is 0 Å². The zero-order valence-corrected chi connectivity index (χ0v) is 23.1. The molecule has 11 heteroatoms. The molecule has 0 aliphatic carbocycles. The van der Waals surface area contributed by atoms with Crippen LogP contribution >= 0.6 is 11.6 Å². The second kappa shape index (κ2) is 10.2. The van der Waals surface area contributed by atoms with E-state index < -0.39 is 23.1 Å². The average molecular weight is 541 g/mol. The number of hydrogen-bond donors (Lipinski definition) is 0. The SMILES string of the molecule is Cc1ccnc(C(C)C)c1-n1c(=O)c(C#N)c(N2CCN(C(=O)OC(C)(C)C)CC2)c2cc(F)c(Cl)nc21. The first kappa shape index (κ1) is 27.3. The quantitative estimate of drug-likeness (QED) is 0.433. The minimum Gasteiger partial charge on any atom is -0.444 e. The van der Waals surface area contributed by atoms with Gasteiger partial charge < -0.3 is 14.5 Å². The van der Waals surface area contributed by atoms with Crippen LogP contribution < -0.4 is 10.5 Å². The molecule has 1 amide bonds. The van der Waals surface area contributed by atoms with Crippen molar-refractivity contribution in [2.75, 3.05) is 31.1 Å². The van der Waals surface area contributed by atoms with E-state index in [2.05, 4.69) is 9.97 Å². The van der Waals surface area contributed by atoms with Crippen LogP contribution in [0.2, 0.25) is 5.15 Å². The number of piperazine rings is 1. The third kappa shape index (κ3) is 5.03. The monoisotopic (exact) mass is 540 g/mol. The van der Waals surface area contributed by atoms with Gasteiger partial charge in [0.25, 0.3) is 5.56 Å². The predicted octanol–water partition coefficient (Wildman–Crippen LogP) is 4.93. The molecule has 3 aromatic heterocycles. The summed E-state index contributed by atoms with van der Waals surface area (Å²) in [6, 6.07) is 5.02. The first-order valence-corrected chi connectivity index (χ1v) is 12.8. The largest absolute Gasteiger partial charge is 0.444 e. The molecular weight excluding hydrogens is 511 g/mol. The van der Waals surface area contributed by atoms with E-state index in [4.69, 9.17) is 16.3 Å². The van der Waals surface area contributed by atoms with Crippen LogP contribution in [0.3, 0.4) is 0 Å². The Morgan fingerprint density at radius 2 is 1.87 bits per heavy atom. The summed E-state index contributed by atoms with van der Waals surface area (Å²) in [7, 11) is 0. The van der Waals surface area contributed by atoms with Gasteiger partial charge in [0.05, 0.1) is 17.1 Å². The van der Waals surface area contributed by atoms with E-state index in [0.717, 1.165) is 5.56 Å². The zero-order valence-electron chi connectivity index (χ0n) is 22.3. The third-order valence-corrected chi connectivity index (χ3v) is 6.58. The number of fused-ring (bicyclic) bond motifs is 1. The highest BCUT2D eigenvalue weighted by Gasteiger charge is 2.31. The number of rotatable bonds is 3. The lowest BCUT2D eigenvalue weighted by Gasteiger charge is -2.37. The molecule has 0 radical (unpaired) electrons. The number of carbonyl (C=O) groups excluding carboxylic acids is 1. The highest BCUT2D eigenvalue weighted by atomic mass is 35.5. The molecule has 0 spiro atoms. The molecular formula is C27H30ClFN6O3. The smallest absolute Gasteiger partial charge is 0.410 e. The lowest BCUT2D eigenvalue weighted by atomic mass is 10.0. The summed E-state index contributed by atoms with van der Waals surface area (Å²) < 4.78 is 21.6. The fourth-order valence-corrected chi connectivity index (χ4v) is 4.74. The number of carbonyl (C=O) groups is 1. The molecule has 0 N–H and O–H groups in total. The number of nitriles is 1. The Labute approximate surface area is 225 Å². The first-order chi connectivity index (χ1) is 17.8. The Bertz CT molecular complexity index is 1510. The molecule has 9 nitrogen and oxygen atoms in total. The number of anilines is 1. The summed E-state index contributed by atoms with van der Waals surface area (Å²) in [6.07, 6.45) is 1.22. The Balaban J connectivity index is 1.91. The van der Waals surface area contributed by atoms with Gasteiger partial charge in [0.1, 0.15) is 17.2 Å². The minimum atomic E-state index is -0.770. The van der Waals surface area contributed by atoms with Gasteiger partial charge >= 0.3 is 6.09 Å². The minimum absolute atomic E-state index is 0.0473. The standard InChI is InChI=1S/C27H30ClFN6O3/c1-15(2)20-21(16(3)7-8-31-20)35-24-17(13-19(29)23(28)32-24)22(18(14-30)25(35)36)33-9-11-34(12-10-33)26(37)38-27(4,5)6/h7-8,13,15H,9-12H2,1-6H3. The molecule has 0 atom stereocenters. The van der Waals surface area contributed by atoms with Crippen molar-refractivity contribution in [3.8, 4) is 11.8 Å². The highest BCUT2D eigenvalue weighted by Crippen LogP contribution is 2.34. The highest BCUT2D eigenvalue weighted by molar-refractivity contribution is 6.30. The fraction of sp³-hybridized carbons (Fsp3) is 0.444. The van der Waals surface area contributed by atoms with Crippen LogP contribution in [0, 0.1) is 24.1 Å². The molecule has 1 saturated heterocycles. The molecule has 0 bridgehead atoms. The maximum atomic E-state index is 14.8. The Morgan fingerprint density at radius 3 is 2.45 bits per heavy atom. The summed E-state index contributed by atoms with van der Waals surface area (Å²) in [5.74, 6) is -0.817. The Kier molecular flexibility index (Phi) is 7.35. The van der Waals surface area contributed by atoms with Gasteiger partial charge in [-0.05, 0) is 51.3 Å². The van der Waals surface area contributed by atoms with Gasteiger partial charge in [-0.1, -0.05) is 25.4 Å². The molecule has 4 rings (SSSR count). The van der Waals surface area contributed by atoms with Crippen LogP contribution in [0.4, 0.5) is 14.9 Å². The Morgan fingerprint density at radius 1 is 1.21 bits per heavy atom. The van der Waals surface area contributed by atoms with Crippen molar-refractivity contribution in [2.24, 2.45) is 0 Å².